The summed E-state index contributed by atoms with van der Waals surface area (Å²) in [6, 6.07) is 8.43. The van der Waals surface area contributed by atoms with E-state index in [0.29, 0.717) is 5.92 Å². The summed E-state index contributed by atoms with van der Waals surface area (Å²) < 4.78 is 0. The molecule has 0 fully saturated rings. The molecule has 0 saturated carbocycles. The van der Waals surface area contributed by atoms with Crippen LogP contribution in [0.5, 0.6) is 0 Å². The molecule has 0 saturated heterocycles. The fraction of sp³-hybridized carbons (Fsp3) is 0.389. The van der Waals surface area contributed by atoms with Crippen LogP contribution in [0.1, 0.15) is 32.8 Å². The second kappa shape index (κ2) is 7.20. The molecule has 2 heteroatoms. The van der Waals surface area contributed by atoms with Crippen molar-refractivity contribution < 1.29 is 0 Å². The molecule has 0 aliphatic heterocycles. The van der Waals surface area contributed by atoms with E-state index >= 15 is 0 Å². The Morgan fingerprint density at radius 2 is 2.05 bits per heavy atom. The summed E-state index contributed by atoms with van der Waals surface area (Å²) in [5.74, 6) is 0.711. The molecule has 0 aliphatic carbocycles. The molecule has 0 atom stereocenters. The van der Waals surface area contributed by atoms with Gasteiger partial charge in [-0.1, -0.05) is 44.2 Å². The van der Waals surface area contributed by atoms with Gasteiger partial charge >= 0.3 is 0 Å². The van der Waals surface area contributed by atoms with Crippen LogP contribution in [0.15, 0.2) is 42.7 Å². The third kappa shape index (κ3) is 3.91. The van der Waals surface area contributed by atoms with Gasteiger partial charge in [-0.25, -0.2) is 0 Å². The fourth-order valence-corrected chi connectivity index (χ4v) is 2.32. The Hall–Kier alpha value is -1.67. The maximum Gasteiger partial charge on any atom is 0.0349 e. The lowest BCUT2D eigenvalue weighted by molar-refractivity contribution is 0.557. The highest BCUT2D eigenvalue weighted by Crippen LogP contribution is 2.23. The monoisotopic (exact) mass is 268 g/mol. The van der Waals surface area contributed by atoms with Crippen LogP contribution < -0.4 is 5.32 Å². The molecule has 1 N–H and O–H groups in total. The van der Waals surface area contributed by atoms with Crippen molar-refractivity contribution in [1.29, 1.82) is 0 Å². The zero-order valence-corrected chi connectivity index (χ0v) is 12.7. The standard InChI is InChI=1S/C18H24N2/c1-14(2)11-19-10-6-7-15(3)18-13-20-12-16-8-4-5-9-17(16)18/h4-5,7-9,12-14,19H,6,10-11H2,1-3H3. The fourth-order valence-electron chi connectivity index (χ4n) is 2.32. The van der Waals surface area contributed by atoms with Gasteiger partial charge in [-0.15, -0.1) is 0 Å². The lowest BCUT2D eigenvalue weighted by Crippen LogP contribution is -2.20. The van der Waals surface area contributed by atoms with Crippen molar-refractivity contribution in [2.75, 3.05) is 13.1 Å². The first-order chi connectivity index (χ1) is 9.68. The van der Waals surface area contributed by atoms with Crippen molar-refractivity contribution in [3.05, 3.63) is 48.3 Å². The van der Waals surface area contributed by atoms with Crippen LogP contribution >= 0.6 is 0 Å². The molecule has 0 bridgehead atoms. The Morgan fingerprint density at radius 3 is 2.85 bits per heavy atom. The molecule has 0 spiro atoms. The van der Waals surface area contributed by atoms with Gasteiger partial charge in [0.1, 0.15) is 0 Å². The summed E-state index contributed by atoms with van der Waals surface area (Å²) in [6.07, 6.45) is 7.25. The Labute approximate surface area is 121 Å². The van der Waals surface area contributed by atoms with Gasteiger partial charge in [0.15, 0.2) is 0 Å². The highest BCUT2D eigenvalue weighted by Gasteiger charge is 2.02. The van der Waals surface area contributed by atoms with E-state index in [1.807, 2.05) is 12.4 Å². The minimum Gasteiger partial charge on any atom is -0.316 e. The molecule has 0 unspecified atom stereocenters. The van der Waals surface area contributed by atoms with Crippen LogP contribution in [0.4, 0.5) is 0 Å². The van der Waals surface area contributed by atoms with Crippen LogP contribution in [-0.4, -0.2) is 18.1 Å². The van der Waals surface area contributed by atoms with E-state index in [0.717, 1.165) is 19.5 Å². The van der Waals surface area contributed by atoms with E-state index in [-0.39, 0.29) is 0 Å². The SMILES string of the molecule is CC(=CCCNCC(C)C)c1cncc2ccccc12. The van der Waals surface area contributed by atoms with Crippen molar-refractivity contribution in [1.82, 2.24) is 10.3 Å². The third-order valence-corrected chi connectivity index (χ3v) is 3.42. The van der Waals surface area contributed by atoms with E-state index in [1.165, 1.54) is 21.9 Å². The van der Waals surface area contributed by atoms with Gasteiger partial charge in [-0.2, -0.15) is 0 Å². The Kier molecular flexibility index (Phi) is 5.31. The van der Waals surface area contributed by atoms with Gasteiger partial charge in [0, 0.05) is 23.3 Å². The number of benzene rings is 1. The van der Waals surface area contributed by atoms with Crippen LogP contribution in [0, 0.1) is 5.92 Å². The van der Waals surface area contributed by atoms with Gasteiger partial charge in [-0.3, -0.25) is 4.98 Å². The molecule has 1 aromatic heterocycles. The predicted molar refractivity (Wildman–Crippen MR) is 87.7 cm³/mol. The molecule has 2 aromatic rings. The number of aromatic nitrogens is 1. The zero-order valence-electron chi connectivity index (χ0n) is 12.7. The van der Waals surface area contributed by atoms with E-state index in [9.17, 15) is 0 Å². The predicted octanol–water partition coefficient (Wildman–Crippen LogP) is 4.27. The molecular weight excluding hydrogens is 244 g/mol. The summed E-state index contributed by atoms with van der Waals surface area (Å²) in [6.45, 7) is 8.76. The molecule has 20 heavy (non-hydrogen) atoms. The van der Waals surface area contributed by atoms with E-state index in [1.54, 1.807) is 0 Å². The molecule has 0 aliphatic rings. The number of fused-ring (bicyclic) bond motifs is 1. The number of nitrogens with zero attached hydrogens (tertiary/aromatic N) is 1. The summed E-state index contributed by atoms with van der Waals surface area (Å²) in [5, 5.41) is 5.96. The van der Waals surface area contributed by atoms with Crippen LogP contribution in [0.2, 0.25) is 0 Å². The molecule has 2 rings (SSSR count). The first kappa shape index (κ1) is 14.7. The van der Waals surface area contributed by atoms with Crippen LogP contribution in [0.25, 0.3) is 16.3 Å². The molecule has 0 radical (unpaired) electrons. The molecule has 0 amide bonds. The van der Waals surface area contributed by atoms with Crippen molar-refractivity contribution in [3.8, 4) is 0 Å². The Balaban J connectivity index is 2.05. The molecule has 2 nitrogen and oxygen atoms in total. The lowest BCUT2D eigenvalue weighted by Gasteiger charge is -2.08. The first-order valence-electron chi connectivity index (χ1n) is 7.39. The van der Waals surface area contributed by atoms with Crippen molar-refractivity contribution in [3.63, 3.8) is 0 Å². The van der Waals surface area contributed by atoms with Crippen molar-refractivity contribution >= 4 is 16.3 Å². The summed E-state index contributed by atoms with van der Waals surface area (Å²) in [5.41, 5.74) is 2.55. The highest BCUT2D eigenvalue weighted by atomic mass is 14.8. The Bertz CT molecular complexity index is 579. The summed E-state index contributed by atoms with van der Waals surface area (Å²) in [4.78, 5) is 4.35. The number of allylic oxidation sites excluding steroid dienone is 1. The van der Waals surface area contributed by atoms with Crippen LogP contribution in [-0.2, 0) is 0 Å². The number of hydrogen-bond donors (Lipinski definition) is 1. The summed E-state index contributed by atoms with van der Waals surface area (Å²) >= 11 is 0. The number of nitrogens with one attached hydrogen (secondary N) is 1. The summed E-state index contributed by atoms with van der Waals surface area (Å²) in [7, 11) is 0. The topological polar surface area (TPSA) is 24.9 Å². The van der Waals surface area contributed by atoms with Gasteiger partial charge < -0.3 is 5.32 Å². The second-order valence-corrected chi connectivity index (χ2v) is 5.68. The minimum atomic E-state index is 0.711. The lowest BCUT2D eigenvalue weighted by atomic mass is 10.0. The quantitative estimate of drug-likeness (QED) is 0.791. The highest BCUT2D eigenvalue weighted by molar-refractivity contribution is 5.92. The molecule has 1 aromatic carbocycles. The van der Waals surface area contributed by atoms with Gasteiger partial charge in [-0.05, 0) is 43.3 Å². The van der Waals surface area contributed by atoms with E-state index in [4.69, 9.17) is 0 Å². The number of hydrogen-bond acceptors (Lipinski definition) is 2. The van der Waals surface area contributed by atoms with Gasteiger partial charge in [0.2, 0.25) is 0 Å². The first-order valence-corrected chi connectivity index (χ1v) is 7.39. The Morgan fingerprint density at radius 1 is 1.25 bits per heavy atom. The smallest absolute Gasteiger partial charge is 0.0349 e. The molecular formula is C18H24N2. The average molecular weight is 268 g/mol. The van der Waals surface area contributed by atoms with E-state index < -0.39 is 0 Å². The van der Waals surface area contributed by atoms with Crippen molar-refractivity contribution in [2.24, 2.45) is 5.92 Å². The number of pyridine rings is 1. The van der Waals surface area contributed by atoms with E-state index in [2.05, 4.69) is 61.4 Å². The number of rotatable bonds is 6. The maximum atomic E-state index is 4.35. The van der Waals surface area contributed by atoms with Gasteiger partial charge in [0.05, 0.1) is 0 Å². The third-order valence-electron chi connectivity index (χ3n) is 3.42. The van der Waals surface area contributed by atoms with Gasteiger partial charge in [0.25, 0.3) is 0 Å². The normalized spacial score (nSPS) is 12.3. The largest absolute Gasteiger partial charge is 0.316 e. The van der Waals surface area contributed by atoms with Crippen molar-refractivity contribution in [2.45, 2.75) is 27.2 Å². The second-order valence-electron chi connectivity index (χ2n) is 5.68. The molecule has 1 heterocycles. The average Bonchev–Trinajstić information content (AvgIpc) is 2.45. The van der Waals surface area contributed by atoms with Crippen LogP contribution in [0.3, 0.4) is 0 Å². The molecule has 106 valence electrons. The zero-order chi connectivity index (χ0) is 14.4. The maximum absolute atomic E-state index is 4.35. The minimum absolute atomic E-state index is 0.711.